The summed E-state index contributed by atoms with van der Waals surface area (Å²) in [7, 11) is 0. The summed E-state index contributed by atoms with van der Waals surface area (Å²) < 4.78 is 1.86. The molecule has 0 saturated carbocycles. The second-order valence-corrected chi connectivity index (χ2v) is 6.79. The van der Waals surface area contributed by atoms with Crippen LogP contribution in [0.2, 0.25) is 0 Å². The Bertz CT molecular complexity index is 930. The highest BCUT2D eigenvalue weighted by molar-refractivity contribution is 6.07. The van der Waals surface area contributed by atoms with E-state index in [4.69, 9.17) is 4.98 Å². The van der Waals surface area contributed by atoms with Crippen molar-refractivity contribution in [2.75, 3.05) is 26.2 Å². The molecule has 6 heteroatoms. The van der Waals surface area contributed by atoms with Crippen molar-refractivity contribution in [2.45, 2.75) is 33.7 Å². The van der Waals surface area contributed by atoms with Gasteiger partial charge in [0, 0.05) is 30.2 Å². The van der Waals surface area contributed by atoms with Crippen molar-refractivity contribution in [3.63, 3.8) is 0 Å². The number of fused-ring (bicyclic) bond motifs is 1. The number of rotatable bonds is 9. The topological polar surface area (TPSA) is 63.1 Å². The van der Waals surface area contributed by atoms with E-state index in [9.17, 15) is 4.79 Å². The smallest absolute Gasteiger partial charge is 0.252 e. The summed E-state index contributed by atoms with van der Waals surface area (Å²) in [5, 5.41) is 8.28. The predicted molar refractivity (Wildman–Crippen MR) is 113 cm³/mol. The quantitative estimate of drug-likeness (QED) is 0.577. The summed E-state index contributed by atoms with van der Waals surface area (Å²) in [6.45, 7) is 10.9. The van der Waals surface area contributed by atoms with Gasteiger partial charge in [0.05, 0.1) is 23.0 Å². The Hall–Kier alpha value is -2.73. The van der Waals surface area contributed by atoms with Crippen LogP contribution >= 0.6 is 0 Å². The SMILES string of the molecule is CCN(CC)CCCNC(=O)c1cc(-c2cnn(CC)c2)nc2ccccc12. The molecule has 148 valence electrons. The molecule has 0 aliphatic carbocycles. The molecule has 0 radical (unpaired) electrons. The van der Waals surface area contributed by atoms with E-state index in [0.717, 1.165) is 54.8 Å². The minimum atomic E-state index is -0.0534. The first-order chi connectivity index (χ1) is 13.7. The van der Waals surface area contributed by atoms with E-state index >= 15 is 0 Å². The zero-order valence-electron chi connectivity index (χ0n) is 17.0. The minimum absolute atomic E-state index is 0.0534. The lowest BCUT2D eigenvalue weighted by atomic mass is 10.0. The molecule has 1 amide bonds. The van der Waals surface area contributed by atoms with E-state index in [1.54, 1.807) is 6.20 Å². The van der Waals surface area contributed by atoms with E-state index in [1.807, 2.05) is 48.1 Å². The highest BCUT2D eigenvalue weighted by Gasteiger charge is 2.14. The van der Waals surface area contributed by atoms with Crippen LogP contribution in [0.4, 0.5) is 0 Å². The van der Waals surface area contributed by atoms with E-state index in [-0.39, 0.29) is 5.91 Å². The van der Waals surface area contributed by atoms with Gasteiger partial charge in [0.2, 0.25) is 0 Å². The first-order valence-electron chi connectivity index (χ1n) is 10.1. The van der Waals surface area contributed by atoms with Crippen LogP contribution in [0.5, 0.6) is 0 Å². The summed E-state index contributed by atoms with van der Waals surface area (Å²) >= 11 is 0. The van der Waals surface area contributed by atoms with Crippen LogP contribution in [-0.2, 0) is 6.54 Å². The summed E-state index contributed by atoms with van der Waals surface area (Å²) in [6.07, 6.45) is 4.70. The largest absolute Gasteiger partial charge is 0.352 e. The fourth-order valence-corrected chi connectivity index (χ4v) is 3.32. The predicted octanol–water partition coefficient (Wildman–Crippen LogP) is 3.58. The second kappa shape index (κ2) is 9.46. The molecule has 0 fully saturated rings. The third kappa shape index (κ3) is 4.57. The fourth-order valence-electron chi connectivity index (χ4n) is 3.32. The first kappa shape index (κ1) is 20.0. The zero-order chi connectivity index (χ0) is 19.9. The van der Waals surface area contributed by atoms with Gasteiger partial charge >= 0.3 is 0 Å². The van der Waals surface area contributed by atoms with Crippen molar-refractivity contribution in [3.8, 4) is 11.3 Å². The van der Waals surface area contributed by atoms with Crippen LogP contribution in [0.1, 0.15) is 37.6 Å². The maximum Gasteiger partial charge on any atom is 0.252 e. The van der Waals surface area contributed by atoms with Crippen LogP contribution in [0, 0.1) is 0 Å². The summed E-state index contributed by atoms with van der Waals surface area (Å²) in [6, 6.07) is 9.65. The third-order valence-corrected chi connectivity index (χ3v) is 5.04. The molecule has 0 aliphatic rings. The Balaban J connectivity index is 1.81. The first-order valence-corrected chi connectivity index (χ1v) is 10.1. The second-order valence-electron chi connectivity index (χ2n) is 6.79. The molecule has 0 spiro atoms. The molecule has 28 heavy (non-hydrogen) atoms. The average molecular weight is 380 g/mol. The Labute approximate surface area is 166 Å². The number of para-hydroxylation sites is 1. The lowest BCUT2D eigenvalue weighted by Gasteiger charge is -2.17. The number of hydrogen-bond donors (Lipinski definition) is 1. The van der Waals surface area contributed by atoms with Crippen molar-refractivity contribution >= 4 is 16.8 Å². The molecule has 3 rings (SSSR count). The molecule has 2 aromatic heterocycles. The van der Waals surface area contributed by atoms with E-state index in [2.05, 4.69) is 29.2 Å². The van der Waals surface area contributed by atoms with Gasteiger partial charge in [-0.05, 0) is 45.1 Å². The van der Waals surface area contributed by atoms with Gasteiger partial charge in [0.1, 0.15) is 0 Å². The molecular formula is C22H29N5O. The van der Waals surface area contributed by atoms with Gasteiger partial charge in [-0.25, -0.2) is 4.98 Å². The van der Waals surface area contributed by atoms with Crippen LogP contribution in [-0.4, -0.2) is 51.8 Å². The normalized spacial score (nSPS) is 11.3. The summed E-state index contributed by atoms with van der Waals surface area (Å²) in [5.41, 5.74) is 3.17. The molecule has 3 aromatic rings. The number of aryl methyl sites for hydroxylation is 1. The highest BCUT2D eigenvalue weighted by Crippen LogP contribution is 2.24. The number of nitrogens with one attached hydrogen (secondary N) is 1. The molecule has 0 bridgehead atoms. The van der Waals surface area contributed by atoms with Gasteiger partial charge < -0.3 is 10.2 Å². The number of amides is 1. The van der Waals surface area contributed by atoms with Gasteiger partial charge in [-0.15, -0.1) is 0 Å². The highest BCUT2D eigenvalue weighted by atomic mass is 16.1. The van der Waals surface area contributed by atoms with Crippen molar-refractivity contribution < 1.29 is 4.79 Å². The lowest BCUT2D eigenvalue weighted by molar-refractivity contribution is 0.0953. The number of benzene rings is 1. The van der Waals surface area contributed by atoms with E-state index in [0.29, 0.717) is 12.1 Å². The van der Waals surface area contributed by atoms with Gasteiger partial charge in [-0.1, -0.05) is 32.0 Å². The summed E-state index contributed by atoms with van der Waals surface area (Å²) in [5.74, 6) is -0.0534. The standard InChI is InChI=1S/C22H29N5O/c1-4-26(5-2)13-9-12-23-22(28)19-14-21(17-15-24-27(6-3)16-17)25-20-11-8-7-10-18(19)20/h7-8,10-11,14-16H,4-6,9,12-13H2,1-3H3,(H,23,28). The molecule has 1 aromatic carbocycles. The number of carbonyl (C=O) groups excluding carboxylic acids is 1. The van der Waals surface area contributed by atoms with Gasteiger partial charge in [-0.3, -0.25) is 9.48 Å². The molecular weight excluding hydrogens is 350 g/mol. The molecule has 0 atom stereocenters. The Morgan fingerprint density at radius 1 is 1.18 bits per heavy atom. The zero-order valence-corrected chi connectivity index (χ0v) is 17.0. The van der Waals surface area contributed by atoms with Crippen molar-refractivity contribution in [1.82, 2.24) is 25.0 Å². The maximum atomic E-state index is 12.9. The fraction of sp³-hybridized carbons (Fsp3) is 0.409. The molecule has 2 heterocycles. The maximum absolute atomic E-state index is 12.9. The van der Waals surface area contributed by atoms with Crippen molar-refractivity contribution in [1.29, 1.82) is 0 Å². The Kier molecular flexibility index (Phi) is 6.76. The number of hydrogen-bond acceptors (Lipinski definition) is 4. The van der Waals surface area contributed by atoms with Crippen LogP contribution < -0.4 is 5.32 Å². The molecule has 6 nitrogen and oxygen atoms in total. The van der Waals surface area contributed by atoms with E-state index in [1.165, 1.54) is 0 Å². The lowest BCUT2D eigenvalue weighted by Crippen LogP contribution is -2.30. The summed E-state index contributed by atoms with van der Waals surface area (Å²) in [4.78, 5) is 20.0. The minimum Gasteiger partial charge on any atom is -0.352 e. The molecule has 0 unspecified atom stereocenters. The monoisotopic (exact) mass is 379 g/mol. The Morgan fingerprint density at radius 3 is 2.68 bits per heavy atom. The van der Waals surface area contributed by atoms with E-state index < -0.39 is 0 Å². The van der Waals surface area contributed by atoms with Gasteiger partial charge in [-0.2, -0.15) is 5.10 Å². The van der Waals surface area contributed by atoms with Crippen molar-refractivity contribution in [3.05, 3.63) is 48.3 Å². The third-order valence-electron chi connectivity index (χ3n) is 5.04. The number of pyridine rings is 1. The van der Waals surface area contributed by atoms with Gasteiger partial charge in [0.25, 0.3) is 5.91 Å². The number of carbonyl (C=O) groups is 1. The number of aromatic nitrogens is 3. The van der Waals surface area contributed by atoms with Gasteiger partial charge in [0.15, 0.2) is 0 Å². The average Bonchev–Trinajstić information content (AvgIpc) is 3.22. The van der Waals surface area contributed by atoms with Crippen LogP contribution in [0.25, 0.3) is 22.2 Å². The molecule has 0 saturated heterocycles. The van der Waals surface area contributed by atoms with Crippen molar-refractivity contribution in [2.24, 2.45) is 0 Å². The molecule has 1 N–H and O–H groups in total. The molecule has 0 aliphatic heterocycles. The Morgan fingerprint density at radius 2 is 1.96 bits per heavy atom. The van der Waals surface area contributed by atoms with Crippen LogP contribution in [0.15, 0.2) is 42.7 Å². The number of nitrogens with zero attached hydrogens (tertiary/aromatic N) is 4. The van der Waals surface area contributed by atoms with Crippen LogP contribution in [0.3, 0.4) is 0 Å².